The first-order valence-corrected chi connectivity index (χ1v) is 7.70. The molecule has 5 heteroatoms. The van der Waals surface area contributed by atoms with Crippen molar-refractivity contribution < 1.29 is 9.63 Å². The Hall–Kier alpha value is -0.810. The van der Waals surface area contributed by atoms with Crippen LogP contribution in [0.4, 0.5) is 4.79 Å². The van der Waals surface area contributed by atoms with Gasteiger partial charge in [0.15, 0.2) is 0 Å². The van der Waals surface area contributed by atoms with E-state index in [0.717, 1.165) is 38.6 Å². The molecule has 0 bridgehead atoms. The summed E-state index contributed by atoms with van der Waals surface area (Å²) in [5, 5.41) is 3.21. The normalized spacial score (nSPS) is 25.3. The lowest BCUT2D eigenvalue weighted by Gasteiger charge is -2.37. The number of piperidine rings is 1. The summed E-state index contributed by atoms with van der Waals surface area (Å²) in [6.45, 7) is 1.39. The Labute approximate surface area is 115 Å². The van der Waals surface area contributed by atoms with E-state index in [1.807, 2.05) is 4.90 Å². The monoisotopic (exact) mass is 269 g/mol. The van der Waals surface area contributed by atoms with Crippen LogP contribution in [-0.2, 0) is 4.84 Å². The first-order chi connectivity index (χ1) is 9.31. The third kappa shape index (κ3) is 4.35. The van der Waals surface area contributed by atoms with Gasteiger partial charge in [-0.3, -0.25) is 0 Å². The van der Waals surface area contributed by atoms with Crippen molar-refractivity contribution in [3.8, 4) is 0 Å². The lowest BCUT2D eigenvalue weighted by Crippen LogP contribution is -2.51. The fourth-order valence-corrected chi connectivity index (χ4v) is 3.28. The van der Waals surface area contributed by atoms with Crippen molar-refractivity contribution in [1.29, 1.82) is 0 Å². The zero-order valence-corrected chi connectivity index (χ0v) is 11.8. The topological polar surface area (TPSA) is 67.6 Å². The van der Waals surface area contributed by atoms with Gasteiger partial charge in [0.1, 0.15) is 0 Å². The summed E-state index contributed by atoms with van der Waals surface area (Å²) in [5.41, 5.74) is 0. The molecule has 1 heterocycles. The lowest BCUT2D eigenvalue weighted by atomic mass is 9.95. The minimum Gasteiger partial charge on any atom is -0.335 e. The molecule has 19 heavy (non-hydrogen) atoms. The van der Waals surface area contributed by atoms with Crippen molar-refractivity contribution in [2.75, 3.05) is 13.2 Å². The maximum atomic E-state index is 12.4. The summed E-state index contributed by atoms with van der Waals surface area (Å²) in [7, 11) is 0. The molecule has 3 N–H and O–H groups in total. The Morgan fingerprint density at radius 3 is 2.63 bits per heavy atom. The number of likely N-dealkylation sites (tertiary alicyclic amines) is 1. The maximum absolute atomic E-state index is 12.4. The fraction of sp³-hybridized carbons (Fsp3) is 0.929. The SMILES string of the molecule is NOCCC1CCCCN1C(=O)NC1CCCCC1. The van der Waals surface area contributed by atoms with E-state index in [-0.39, 0.29) is 6.03 Å². The predicted molar refractivity (Wildman–Crippen MR) is 74.5 cm³/mol. The van der Waals surface area contributed by atoms with E-state index in [4.69, 9.17) is 5.90 Å². The molecule has 0 radical (unpaired) electrons. The molecule has 1 atom stereocenters. The van der Waals surface area contributed by atoms with Gasteiger partial charge in [-0.25, -0.2) is 10.7 Å². The smallest absolute Gasteiger partial charge is 0.317 e. The number of nitrogens with zero attached hydrogens (tertiary/aromatic N) is 1. The van der Waals surface area contributed by atoms with Gasteiger partial charge in [0.2, 0.25) is 0 Å². The van der Waals surface area contributed by atoms with Crippen molar-refractivity contribution in [2.45, 2.75) is 69.9 Å². The Balaban J connectivity index is 1.83. The molecule has 1 aliphatic heterocycles. The van der Waals surface area contributed by atoms with Crippen molar-refractivity contribution >= 4 is 6.03 Å². The van der Waals surface area contributed by atoms with Gasteiger partial charge >= 0.3 is 6.03 Å². The molecule has 1 aliphatic carbocycles. The van der Waals surface area contributed by atoms with Gasteiger partial charge in [-0.15, -0.1) is 0 Å². The number of carbonyl (C=O) groups is 1. The summed E-state index contributed by atoms with van der Waals surface area (Å²) >= 11 is 0. The Morgan fingerprint density at radius 2 is 1.89 bits per heavy atom. The summed E-state index contributed by atoms with van der Waals surface area (Å²) in [6, 6.07) is 0.795. The Bertz CT molecular complexity index is 280. The van der Waals surface area contributed by atoms with E-state index in [9.17, 15) is 4.79 Å². The molecule has 2 rings (SSSR count). The average molecular weight is 269 g/mol. The molecule has 0 spiro atoms. The van der Waals surface area contributed by atoms with Crippen molar-refractivity contribution in [2.24, 2.45) is 5.90 Å². The van der Waals surface area contributed by atoms with E-state index in [1.54, 1.807) is 0 Å². The number of hydrogen-bond acceptors (Lipinski definition) is 3. The molecule has 1 saturated carbocycles. The molecule has 0 aromatic heterocycles. The number of hydrogen-bond donors (Lipinski definition) is 2. The van der Waals surface area contributed by atoms with Crippen LogP contribution in [0.1, 0.15) is 57.8 Å². The van der Waals surface area contributed by atoms with E-state index in [2.05, 4.69) is 10.2 Å². The summed E-state index contributed by atoms with van der Waals surface area (Å²) in [4.78, 5) is 19.0. The molecule has 110 valence electrons. The summed E-state index contributed by atoms with van der Waals surface area (Å²) in [5.74, 6) is 5.10. The molecular formula is C14H27N3O2. The molecule has 0 aromatic rings. The minimum absolute atomic E-state index is 0.119. The van der Waals surface area contributed by atoms with E-state index >= 15 is 0 Å². The zero-order valence-electron chi connectivity index (χ0n) is 11.8. The van der Waals surface area contributed by atoms with Gasteiger partial charge in [0, 0.05) is 18.6 Å². The Kier molecular flexibility index (Phi) is 5.92. The van der Waals surface area contributed by atoms with Gasteiger partial charge in [-0.1, -0.05) is 19.3 Å². The van der Waals surface area contributed by atoms with Gasteiger partial charge in [-0.2, -0.15) is 0 Å². The van der Waals surface area contributed by atoms with Crippen LogP contribution >= 0.6 is 0 Å². The second-order valence-electron chi connectivity index (χ2n) is 5.79. The Morgan fingerprint density at radius 1 is 1.16 bits per heavy atom. The molecular weight excluding hydrogens is 242 g/mol. The molecule has 0 aromatic carbocycles. The van der Waals surface area contributed by atoms with Gasteiger partial charge in [-0.05, 0) is 38.5 Å². The number of carbonyl (C=O) groups excluding carboxylic acids is 1. The van der Waals surface area contributed by atoms with Gasteiger partial charge in [0.25, 0.3) is 0 Å². The third-order valence-electron chi connectivity index (χ3n) is 4.39. The van der Waals surface area contributed by atoms with E-state index in [0.29, 0.717) is 18.7 Å². The van der Waals surface area contributed by atoms with Crippen LogP contribution in [0.2, 0.25) is 0 Å². The quantitative estimate of drug-likeness (QED) is 0.769. The fourth-order valence-electron chi connectivity index (χ4n) is 3.28. The van der Waals surface area contributed by atoms with Crippen LogP contribution in [0.3, 0.4) is 0 Å². The van der Waals surface area contributed by atoms with Crippen LogP contribution in [0.25, 0.3) is 0 Å². The highest BCUT2D eigenvalue weighted by molar-refractivity contribution is 5.75. The average Bonchev–Trinajstić information content (AvgIpc) is 2.46. The highest BCUT2D eigenvalue weighted by Gasteiger charge is 2.28. The molecule has 5 nitrogen and oxygen atoms in total. The molecule has 2 fully saturated rings. The maximum Gasteiger partial charge on any atom is 0.317 e. The standard InChI is InChI=1S/C14H27N3O2/c15-19-11-9-13-8-4-5-10-17(13)14(18)16-12-6-2-1-3-7-12/h12-13H,1-11,15H2,(H,16,18). The van der Waals surface area contributed by atoms with Crippen molar-refractivity contribution in [3.63, 3.8) is 0 Å². The van der Waals surface area contributed by atoms with Gasteiger partial charge in [0.05, 0.1) is 6.61 Å². The second kappa shape index (κ2) is 7.70. The third-order valence-corrected chi connectivity index (χ3v) is 4.39. The molecule has 2 aliphatic rings. The van der Waals surface area contributed by atoms with Crippen LogP contribution < -0.4 is 11.2 Å². The van der Waals surface area contributed by atoms with Crippen LogP contribution in [0, 0.1) is 0 Å². The zero-order chi connectivity index (χ0) is 13.5. The molecule has 1 saturated heterocycles. The number of urea groups is 1. The number of nitrogens with one attached hydrogen (secondary N) is 1. The largest absolute Gasteiger partial charge is 0.335 e. The van der Waals surface area contributed by atoms with Gasteiger partial charge < -0.3 is 15.1 Å². The summed E-state index contributed by atoms with van der Waals surface area (Å²) < 4.78 is 0. The minimum atomic E-state index is 0.119. The number of nitrogens with two attached hydrogens (primary N) is 1. The number of rotatable bonds is 4. The number of amides is 2. The van der Waals surface area contributed by atoms with Crippen LogP contribution in [0.5, 0.6) is 0 Å². The summed E-state index contributed by atoms with van der Waals surface area (Å²) in [6.07, 6.45) is 10.3. The molecule has 1 unspecified atom stereocenters. The predicted octanol–water partition coefficient (Wildman–Crippen LogP) is 2.16. The highest BCUT2D eigenvalue weighted by Crippen LogP contribution is 2.21. The lowest BCUT2D eigenvalue weighted by molar-refractivity contribution is 0.0912. The first-order valence-electron chi connectivity index (χ1n) is 7.70. The van der Waals surface area contributed by atoms with E-state index in [1.165, 1.54) is 25.7 Å². The van der Waals surface area contributed by atoms with E-state index < -0.39 is 0 Å². The van der Waals surface area contributed by atoms with Crippen LogP contribution in [0.15, 0.2) is 0 Å². The van der Waals surface area contributed by atoms with Crippen LogP contribution in [-0.4, -0.2) is 36.2 Å². The first kappa shape index (κ1) is 14.6. The van der Waals surface area contributed by atoms with Crippen molar-refractivity contribution in [1.82, 2.24) is 10.2 Å². The second-order valence-corrected chi connectivity index (χ2v) is 5.79. The highest BCUT2D eigenvalue weighted by atomic mass is 16.6. The van der Waals surface area contributed by atoms with Crippen molar-refractivity contribution in [3.05, 3.63) is 0 Å². The molecule has 2 amide bonds.